The van der Waals surface area contributed by atoms with Crippen LogP contribution in [0.2, 0.25) is 0 Å². The third-order valence-electron chi connectivity index (χ3n) is 6.21. The average molecular weight is 529 g/mol. The van der Waals surface area contributed by atoms with E-state index in [1.54, 1.807) is 42.7 Å². The van der Waals surface area contributed by atoms with E-state index in [2.05, 4.69) is 9.97 Å². The summed E-state index contributed by atoms with van der Waals surface area (Å²) in [5, 5.41) is 0. The SMILES string of the molecule is CCCCC[C@](C)(F)C(=O)Oc1ccc(-c2cnc(-c3ccc(OC[C@@H](F)CCCC)c(F)c3)nc2)cc1. The molecular weight excluding hydrogens is 493 g/mol. The smallest absolute Gasteiger partial charge is 0.348 e. The maximum absolute atomic E-state index is 14.6. The van der Waals surface area contributed by atoms with Crippen molar-refractivity contribution in [3.63, 3.8) is 0 Å². The van der Waals surface area contributed by atoms with Crippen LogP contribution in [-0.4, -0.2) is 34.4 Å². The summed E-state index contributed by atoms with van der Waals surface area (Å²) in [5.74, 6) is -0.963. The van der Waals surface area contributed by atoms with Crippen molar-refractivity contribution < 1.29 is 27.4 Å². The monoisotopic (exact) mass is 528 g/mol. The Kier molecular flexibility index (Phi) is 10.7. The maximum Gasteiger partial charge on any atom is 0.348 e. The Morgan fingerprint density at radius 3 is 2.24 bits per heavy atom. The summed E-state index contributed by atoms with van der Waals surface area (Å²) in [5.41, 5.74) is -0.116. The lowest BCUT2D eigenvalue weighted by Gasteiger charge is -2.18. The molecule has 0 amide bonds. The first-order valence-electron chi connectivity index (χ1n) is 13.1. The number of nitrogens with zero attached hydrogens (tertiary/aromatic N) is 2. The molecule has 0 saturated heterocycles. The Bertz CT molecular complexity index is 1170. The van der Waals surface area contributed by atoms with Crippen molar-refractivity contribution in [2.45, 2.75) is 77.6 Å². The minimum Gasteiger partial charge on any atom is -0.487 e. The lowest BCUT2D eigenvalue weighted by Crippen LogP contribution is -2.34. The van der Waals surface area contributed by atoms with E-state index in [1.807, 2.05) is 13.8 Å². The summed E-state index contributed by atoms with van der Waals surface area (Å²) in [6.07, 6.45) is 6.64. The Morgan fingerprint density at radius 2 is 1.61 bits per heavy atom. The molecule has 5 nitrogen and oxygen atoms in total. The average Bonchev–Trinajstić information content (AvgIpc) is 2.91. The standard InChI is InChI=1S/C30H35F3N2O3/c1-4-6-8-16-30(3,33)29(36)38-25-13-10-21(11-14-25)23-18-34-28(35-19-23)22-12-15-27(26(32)17-22)37-20-24(31)9-7-5-2/h10-15,17-19,24H,4-9,16,20H2,1-3H3/t24-,30-/m0/s1. The summed E-state index contributed by atoms with van der Waals surface area (Å²) in [6.45, 7) is 5.06. The van der Waals surface area contributed by atoms with Crippen LogP contribution in [-0.2, 0) is 4.79 Å². The van der Waals surface area contributed by atoms with E-state index in [4.69, 9.17) is 9.47 Å². The molecule has 0 N–H and O–H groups in total. The van der Waals surface area contributed by atoms with Crippen molar-refractivity contribution in [3.8, 4) is 34.0 Å². The first-order valence-corrected chi connectivity index (χ1v) is 13.1. The number of benzene rings is 2. The van der Waals surface area contributed by atoms with Gasteiger partial charge in [-0.25, -0.2) is 27.9 Å². The van der Waals surface area contributed by atoms with E-state index in [0.29, 0.717) is 29.8 Å². The Labute approximate surface area is 222 Å². The molecule has 0 unspecified atom stereocenters. The summed E-state index contributed by atoms with van der Waals surface area (Å²) < 4.78 is 53.5. The van der Waals surface area contributed by atoms with Gasteiger partial charge in [0.25, 0.3) is 0 Å². The molecule has 38 heavy (non-hydrogen) atoms. The normalized spacial score (nSPS) is 13.5. The van der Waals surface area contributed by atoms with Gasteiger partial charge in [-0.15, -0.1) is 0 Å². The van der Waals surface area contributed by atoms with E-state index >= 15 is 0 Å². The third kappa shape index (κ3) is 8.30. The minimum atomic E-state index is -2.04. The van der Waals surface area contributed by atoms with Crippen molar-refractivity contribution in [2.75, 3.05) is 6.61 Å². The van der Waals surface area contributed by atoms with Gasteiger partial charge in [0, 0.05) is 23.5 Å². The molecule has 204 valence electrons. The van der Waals surface area contributed by atoms with Crippen LogP contribution in [0.15, 0.2) is 54.9 Å². The predicted octanol–water partition coefficient (Wildman–Crippen LogP) is 8.07. The molecule has 0 aliphatic carbocycles. The van der Waals surface area contributed by atoms with Gasteiger partial charge < -0.3 is 9.47 Å². The van der Waals surface area contributed by atoms with Crippen LogP contribution in [0.1, 0.15) is 65.7 Å². The number of unbranched alkanes of at least 4 members (excludes halogenated alkanes) is 3. The van der Waals surface area contributed by atoms with Crippen molar-refractivity contribution >= 4 is 5.97 Å². The fraction of sp³-hybridized carbons (Fsp3) is 0.433. The highest BCUT2D eigenvalue weighted by molar-refractivity contribution is 5.81. The second kappa shape index (κ2) is 13.9. The fourth-order valence-corrected chi connectivity index (χ4v) is 3.81. The number of alkyl halides is 2. The van der Waals surface area contributed by atoms with Crippen LogP contribution in [0.25, 0.3) is 22.5 Å². The molecule has 2 atom stereocenters. The fourth-order valence-electron chi connectivity index (χ4n) is 3.81. The van der Waals surface area contributed by atoms with Crippen LogP contribution in [0.3, 0.4) is 0 Å². The van der Waals surface area contributed by atoms with Gasteiger partial charge in [0.2, 0.25) is 5.67 Å². The Hall–Kier alpha value is -3.42. The number of hydrogen-bond donors (Lipinski definition) is 0. The number of aromatic nitrogens is 2. The van der Waals surface area contributed by atoms with Crippen molar-refractivity contribution in [1.82, 2.24) is 9.97 Å². The van der Waals surface area contributed by atoms with E-state index in [9.17, 15) is 18.0 Å². The van der Waals surface area contributed by atoms with E-state index in [0.717, 1.165) is 31.2 Å². The Balaban J connectivity index is 1.60. The molecule has 3 rings (SSSR count). The Morgan fingerprint density at radius 1 is 0.947 bits per heavy atom. The van der Waals surface area contributed by atoms with Gasteiger partial charge in [0.1, 0.15) is 18.5 Å². The molecule has 0 bridgehead atoms. The maximum atomic E-state index is 14.6. The van der Waals surface area contributed by atoms with Gasteiger partial charge in [-0.2, -0.15) is 0 Å². The largest absolute Gasteiger partial charge is 0.487 e. The van der Waals surface area contributed by atoms with Crippen LogP contribution in [0, 0.1) is 5.82 Å². The molecule has 0 saturated carbocycles. The van der Waals surface area contributed by atoms with Crippen molar-refractivity contribution in [2.24, 2.45) is 0 Å². The highest BCUT2D eigenvalue weighted by atomic mass is 19.1. The number of rotatable bonds is 14. The second-order valence-corrected chi connectivity index (χ2v) is 9.56. The van der Waals surface area contributed by atoms with E-state index in [1.165, 1.54) is 19.1 Å². The van der Waals surface area contributed by atoms with Gasteiger partial charge in [0.15, 0.2) is 17.4 Å². The van der Waals surface area contributed by atoms with E-state index in [-0.39, 0.29) is 24.5 Å². The lowest BCUT2D eigenvalue weighted by molar-refractivity contribution is -0.147. The number of carbonyl (C=O) groups is 1. The van der Waals surface area contributed by atoms with Gasteiger partial charge in [-0.05, 0) is 62.1 Å². The molecular formula is C30H35F3N2O3. The van der Waals surface area contributed by atoms with Gasteiger partial charge in [-0.1, -0.05) is 51.7 Å². The quantitative estimate of drug-likeness (QED) is 0.120. The van der Waals surface area contributed by atoms with Crippen molar-refractivity contribution in [1.29, 1.82) is 0 Å². The zero-order valence-electron chi connectivity index (χ0n) is 22.2. The molecule has 2 aromatic carbocycles. The van der Waals surface area contributed by atoms with E-state index < -0.39 is 23.6 Å². The molecule has 3 aromatic rings. The lowest BCUT2D eigenvalue weighted by atomic mass is 10.0. The summed E-state index contributed by atoms with van der Waals surface area (Å²) in [7, 11) is 0. The number of hydrogen-bond acceptors (Lipinski definition) is 5. The molecule has 1 heterocycles. The second-order valence-electron chi connectivity index (χ2n) is 9.56. The van der Waals surface area contributed by atoms with Crippen LogP contribution < -0.4 is 9.47 Å². The third-order valence-corrected chi connectivity index (χ3v) is 6.21. The molecule has 8 heteroatoms. The molecule has 0 radical (unpaired) electrons. The molecule has 0 spiro atoms. The molecule has 1 aromatic heterocycles. The summed E-state index contributed by atoms with van der Waals surface area (Å²) >= 11 is 0. The number of carbonyl (C=O) groups excluding carboxylic acids is 1. The first-order chi connectivity index (χ1) is 18.2. The topological polar surface area (TPSA) is 61.3 Å². The zero-order chi connectivity index (χ0) is 27.5. The van der Waals surface area contributed by atoms with Gasteiger partial charge in [0.05, 0.1) is 0 Å². The molecule has 0 fully saturated rings. The van der Waals surface area contributed by atoms with Crippen LogP contribution >= 0.6 is 0 Å². The predicted molar refractivity (Wildman–Crippen MR) is 142 cm³/mol. The molecule has 0 aliphatic rings. The number of ether oxygens (including phenoxy) is 2. The highest BCUT2D eigenvalue weighted by Crippen LogP contribution is 2.27. The van der Waals surface area contributed by atoms with Gasteiger partial charge in [-0.3, -0.25) is 0 Å². The van der Waals surface area contributed by atoms with Crippen LogP contribution in [0.4, 0.5) is 13.2 Å². The van der Waals surface area contributed by atoms with Gasteiger partial charge >= 0.3 is 5.97 Å². The minimum absolute atomic E-state index is 0.0145. The highest BCUT2D eigenvalue weighted by Gasteiger charge is 2.34. The van der Waals surface area contributed by atoms with Crippen LogP contribution in [0.5, 0.6) is 11.5 Å². The first kappa shape index (κ1) is 29.1. The zero-order valence-corrected chi connectivity index (χ0v) is 22.2. The number of esters is 1. The molecule has 0 aliphatic heterocycles. The number of halogens is 3. The summed E-state index contributed by atoms with van der Waals surface area (Å²) in [6, 6.07) is 10.9. The van der Waals surface area contributed by atoms with Crippen molar-refractivity contribution in [3.05, 3.63) is 60.7 Å². The summed E-state index contributed by atoms with van der Waals surface area (Å²) in [4.78, 5) is 20.9.